The van der Waals surface area contributed by atoms with E-state index in [0.29, 0.717) is 31.0 Å². The number of amides is 1. The third-order valence-electron chi connectivity index (χ3n) is 4.39. The van der Waals surface area contributed by atoms with Gasteiger partial charge in [-0.3, -0.25) is 9.89 Å². The summed E-state index contributed by atoms with van der Waals surface area (Å²) in [6, 6.07) is 0. The predicted molar refractivity (Wildman–Crippen MR) is 87.2 cm³/mol. The summed E-state index contributed by atoms with van der Waals surface area (Å²) in [4.78, 5) is 18.7. The smallest absolute Gasteiger partial charge is 0.289 e. The molecule has 0 bridgehead atoms. The van der Waals surface area contributed by atoms with Crippen LogP contribution in [0.5, 0.6) is 0 Å². The van der Waals surface area contributed by atoms with Gasteiger partial charge in [0.15, 0.2) is 15.7 Å². The molecule has 3 rings (SSSR count). The number of sulfone groups is 1. The molecule has 0 unspecified atom stereocenters. The summed E-state index contributed by atoms with van der Waals surface area (Å²) in [5.41, 5.74) is 0.619. The number of aryl methyl sites for hydroxylation is 1. The second-order valence-corrected chi connectivity index (χ2v) is 8.29. The number of hydrogen-bond acceptors (Lipinski definition) is 5. The Morgan fingerprint density at radius 1 is 1.46 bits per heavy atom. The molecule has 1 aliphatic rings. The Labute approximate surface area is 140 Å². The standard InChI is InChI=1S/C15H21N5O3S/c1-19-7-5-16-14(19)15(21)20-6-3-4-11(10-20)8-12-13(9-17-18-12)24(2,22)23/h5,7,9,11H,3-4,6,8,10H2,1-2H3,(H,17,18)/t11-/m1/s1. The maximum atomic E-state index is 12.6. The normalized spacial score (nSPS) is 18.8. The number of carbonyl (C=O) groups is 1. The van der Waals surface area contributed by atoms with Crippen LogP contribution in [-0.2, 0) is 23.3 Å². The molecule has 0 radical (unpaired) electrons. The Morgan fingerprint density at radius 3 is 2.92 bits per heavy atom. The minimum Gasteiger partial charge on any atom is -0.336 e. The van der Waals surface area contributed by atoms with Crippen LogP contribution < -0.4 is 0 Å². The Morgan fingerprint density at radius 2 is 2.25 bits per heavy atom. The van der Waals surface area contributed by atoms with Gasteiger partial charge in [0.2, 0.25) is 0 Å². The highest BCUT2D eigenvalue weighted by Gasteiger charge is 2.28. The lowest BCUT2D eigenvalue weighted by Gasteiger charge is -2.32. The number of aromatic amines is 1. The van der Waals surface area contributed by atoms with E-state index in [1.807, 2.05) is 0 Å². The third-order valence-corrected chi connectivity index (χ3v) is 5.54. The van der Waals surface area contributed by atoms with Gasteiger partial charge in [0.1, 0.15) is 4.90 Å². The number of imidazole rings is 1. The number of likely N-dealkylation sites (tertiary alicyclic amines) is 1. The van der Waals surface area contributed by atoms with Gasteiger partial charge in [-0.25, -0.2) is 13.4 Å². The van der Waals surface area contributed by atoms with Crippen LogP contribution in [0.15, 0.2) is 23.5 Å². The van der Waals surface area contributed by atoms with E-state index in [0.717, 1.165) is 12.8 Å². The number of nitrogens with zero attached hydrogens (tertiary/aromatic N) is 4. The molecule has 0 aromatic carbocycles. The first-order chi connectivity index (χ1) is 11.4. The van der Waals surface area contributed by atoms with Gasteiger partial charge >= 0.3 is 0 Å². The second-order valence-electron chi connectivity index (χ2n) is 6.31. The van der Waals surface area contributed by atoms with Gasteiger partial charge in [0.25, 0.3) is 5.91 Å². The van der Waals surface area contributed by atoms with Crippen LogP contribution in [-0.4, -0.2) is 58.3 Å². The average molecular weight is 351 g/mol. The molecule has 9 heteroatoms. The molecule has 1 N–H and O–H groups in total. The molecule has 24 heavy (non-hydrogen) atoms. The number of aromatic nitrogens is 4. The minimum absolute atomic E-state index is 0.0832. The van der Waals surface area contributed by atoms with Crippen molar-refractivity contribution >= 4 is 15.7 Å². The van der Waals surface area contributed by atoms with Gasteiger partial charge in [-0.1, -0.05) is 0 Å². The zero-order chi connectivity index (χ0) is 17.3. The highest BCUT2D eigenvalue weighted by atomic mass is 32.2. The fraction of sp³-hybridized carbons (Fsp3) is 0.533. The Balaban J connectivity index is 1.72. The molecular formula is C15H21N5O3S. The SMILES string of the molecule is Cn1ccnc1C(=O)N1CCC[C@H](Cc2[nH]ncc2S(C)(=O)=O)C1. The molecular weight excluding hydrogens is 330 g/mol. The lowest BCUT2D eigenvalue weighted by molar-refractivity contribution is 0.0656. The quantitative estimate of drug-likeness (QED) is 0.871. The van der Waals surface area contributed by atoms with Crippen LogP contribution in [0.3, 0.4) is 0 Å². The fourth-order valence-electron chi connectivity index (χ4n) is 3.19. The number of nitrogens with one attached hydrogen (secondary N) is 1. The largest absolute Gasteiger partial charge is 0.336 e. The molecule has 2 aromatic heterocycles. The zero-order valence-corrected chi connectivity index (χ0v) is 14.6. The van der Waals surface area contributed by atoms with Crippen molar-refractivity contribution in [2.45, 2.75) is 24.2 Å². The summed E-state index contributed by atoms with van der Waals surface area (Å²) in [5, 5.41) is 6.65. The Hall–Kier alpha value is -2.16. The van der Waals surface area contributed by atoms with Gasteiger partial charge in [-0.05, 0) is 25.2 Å². The van der Waals surface area contributed by atoms with E-state index in [-0.39, 0.29) is 16.7 Å². The van der Waals surface area contributed by atoms with Gasteiger partial charge in [0.05, 0.1) is 11.9 Å². The van der Waals surface area contributed by atoms with E-state index in [2.05, 4.69) is 15.2 Å². The maximum Gasteiger partial charge on any atom is 0.289 e. The van der Waals surface area contributed by atoms with Crippen LogP contribution in [0.4, 0.5) is 0 Å². The number of piperidine rings is 1. The lowest BCUT2D eigenvalue weighted by Crippen LogP contribution is -2.41. The fourth-order valence-corrected chi connectivity index (χ4v) is 4.01. The van der Waals surface area contributed by atoms with Crippen LogP contribution in [0.25, 0.3) is 0 Å². The Kier molecular flexibility index (Phi) is 4.44. The molecule has 2 aromatic rings. The summed E-state index contributed by atoms with van der Waals surface area (Å²) in [6.45, 7) is 1.29. The zero-order valence-electron chi connectivity index (χ0n) is 13.8. The molecule has 1 fully saturated rings. The predicted octanol–water partition coefficient (Wildman–Crippen LogP) is 0.642. The van der Waals surface area contributed by atoms with Crippen LogP contribution in [0.2, 0.25) is 0 Å². The molecule has 130 valence electrons. The van der Waals surface area contributed by atoms with Crippen molar-refractivity contribution in [1.82, 2.24) is 24.6 Å². The molecule has 1 atom stereocenters. The van der Waals surface area contributed by atoms with E-state index in [9.17, 15) is 13.2 Å². The Bertz CT molecular complexity index is 839. The van der Waals surface area contributed by atoms with Crippen LogP contribution >= 0.6 is 0 Å². The molecule has 8 nitrogen and oxygen atoms in total. The van der Waals surface area contributed by atoms with Gasteiger partial charge in [-0.2, -0.15) is 5.10 Å². The summed E-state index contributed by atoms with van der Waals surface area (Å²) in [5.74, 6) is 0.540. The van der Waals surface area contributed by atoms with Crippen LogP contribution in [0, 0.1) is 5.92 Å². The van der Waals surface area contributed by atoms with Crippen molar-refractivity contribution in [3.63, 3.8) is 0 Å². The number of H-pyrrole nitrogens is 1. The van der Waals surface area contributed by atoms with E-state index in [4.69, 9.17) is 0 Å². The maximum absolute atomic E-state index is 12.6. The molecule has 0 spiro atoms. The second kappa shape index (κ2) is 6.39. The first-order valence-electron chi connectivity index (χ1n) is 7.85. The summed E-state index contributed by atoms with van der Waals surface area (Å²) in [7, 11) is -1.50. The lowest BCUT2D eigenvalue weighted by atomic mass is 9.93. The highest BCUT2D eigenvalue weighted by Crippen LogP contribution is 2.24. The van der Waals surface area contributed by atoms with Crippen molar-refractivity contribution in [2.24, 2.45) is 13.0 Å². The molecule has 1 amide bonds. The van der Waals surface area contributed by atoms with E-state index in [1.165, 1.54) is 12.5 Å². The molecule has 0 aliphatic carbocycles. The average Bonchev–Trinajstić information content (AvgIpc) is 3.15. The first kappa shape index (κ1) is 16.7. The van der Waals surface area contributed by atoms with E-state index in [1.54, 1.807) is 28.9 Å². The van der Waals surface area contributed by atoms with Crippen molar-refractivity contribution in [3.8, 4) is 0 Å². The topological polar surface area (TPSA) is 101 Å². The van der Waals surface area contributed by atoms with E-state index < -0.39 is 9.84 Å². The van der Waals surface area contributed by atoms with Gasteiger partial charge < -0.3 is 9.47 Å². The molecule has 1 aliphatic heterocycles. The highest BCUT2D eigenvalue weighted by molar-refractivity contribution is 7.90. The van der Waals surface area contributed by atoms with Crippen molar-refractivity contribution < 1.29 is 13.2 Å². The van der Waals surface area contributed by atoms with Crippen molar-refractivity contribution in [3.05, 3.63) is 30.1 Å². The van der Waals surface area contributed by atoms with Crippen molar-refractivity contribution in [2.75, 3.05) is 19.3 Å². The molecule has 1 saturated heterocycles. The summed E-state index contributed by atoms with van der Waals surface area (Å²) >= 11 is 0. The number of rotatable bonds is 4. The van der Waals surface area contributed by atoms with Gasteiger partial charge in [-0.15, -0.1) is 0 Å². The molecule has 3 heterocycles. The number of carbonyl (C=O) groups excluding carboxylic acids is 1. The summed E-state index contributed by atoms with van der Waals surface area (Å²) < 4.78 is 25.3. The summed E-state index contributed by atoms with van der Waals surface area (Å²) in [6.07, 6.45) is 8.29. The van der Waals surface area contributed by atoms with Gasteiger partial charge in [0, 0.05) is 38.8 Å². The molecule has 0 saturated carbocycles. The van der Waals surface area contributed by atoms with E-state index >= 15 is 0 Å². The van der Waals surface area contributed by atoms with Crippen LogP contribution in [0.1, 0.15) is 29.2 Å². The monoisotopic (exact) mass is 351 g/mol. The third kappa shape index (κ3) is 3.35. The first-order valence-corrected chi connectivity index (χ1v) is 9.74. The van der Waals surface area contributed by atoms with Crippen molar-refractivity contribution in [1.29, 1.82) is 0 Å². The minimum atomic E-state index is -3.30. The number of hydrogen-bond donors (Lipinski definition) is 1.